The van der Waals surface area contributed by atoms with Crippen molar-refractivity contribution in [3.63, 3.8) is 0 Å². The number of amides is 1. The Bertz CT molecular complexity index is 413. The van der Waals surface area contributed by atoms with E-state index in [1.165, 1.54) is 4.90 Å². The molecule has 7 nitrogen and oxygen atoms in total. The van der Waals surface area contributed by atoms with Gasteiger partial charge in [0.25, 0.3) is 5.53 Å². The van der Waals surface area contributed by atoms with Crippen molar-refractivity contribution in [1.29, 1.82) is 0 Å². The molecule has 8 heteroatoms. The van der Waals surface area contributed by atoms with Gasteiger partial charge in [-0.05, 0) is 34.6 Å². The number of hydrogen-bond acceptors (Lipinski definition) is 6. The summed E-state index contributed by atoms with van der Waals surface area (Å²) in [5.41, 5.74) is -2.06. The second-order valence-electron chi connectivity index (χ2n) is 5.49. The van der Waals surface area contributed by atoms with Crippen LogP contribution in [-0.2, 0) is 18.8 Å². The highest BCUT2D eigenvalue weighted by Crippen LogP contribution is 2.32. The van der Waals surface area contributed by atoms with Gasteiger partial charge in [0.15, 0.2) is 5.84 Å². The summed E-state index contributed by atoms with van der Waals surface area (Å²) in [7, 11) is -1.48. The molecule has 1 heterocycles. The van der Waals surface area contributed by atoms with Crippen LogP contribution >= 0.6 is 8.46 Å². The predicted molar refractivity (Wildman–Crippen MR) is 81.6 cm³/mol. The van der Waals surface area contributed by atoms with Crippen molar-refractivity contribution >= 4 is 20.4 Å². The van der Waals surface area contributed by atoms with E-state index in [4.69, 9.17) is 14.2 Å². The van der Waals surface area contributed by atoms with E-state index < -0.39 is 25.7 Å². The van der Waals surface area contributed by atoms with Gasteiger partial charge >= 0.3 is 6.09 Å². The van der Waals surface area contributed by atoms with Gasteiger partial charge < -0.3 is 18.8 Å². The van der Waals surface area contributed by atoms with Crippen molar-refractivity contribution in [2.75, 3.05) is 26.3 Å². The third-order valence-corrected chi connectivity index (χ3v) is 3.54. The van der Waals surface area contributed by atoms with Gasteiger partial charge in [0.05, 0.1) is 13.1 Å². The van der Waals surface area contributed by atoms with Crippen LogP contribution in [0.1, 0.15) is 34.6 Å². The summed E-state index contributed by atoms with van der Waals surface area (Å²) in [5, 5.41) is 0. The first-order valence-electron chi connectivity index (χ1n) is 7.09. The summed E-state index contributed by atoms with van der Waals surface area (Å²) in [5.74, 6) is 0.241. The monoisotopic (exact) mass is 320 g/mol. The molecular weight excluding hydrogens is 295 g/mol. The lowest BCUT2D eigenvalue weighted by atomic mass is 10.2. The van der Waals surface area contributed by atoms with Crippen LogP contribution in [0.15, 0.2) is 4.99 Å². The maximum atomic E-state index is 12.3. The molecule has 0 bridgehead atoms. The van der Waals surface area contributed by atoms with E-state index in [9.17, 15) is 9.36 Å². The summed E-state index contributed by atoms with van der Waals surface area (Å²) < 4.78 is 28.2. The van der Waals surface area contributed by atoms with E-state index in [0.29, 0.717) is 26.3 Å². The second-order valence-corrected chi connectivity index (χ2v) is 6.48. The van der Waals surface area contributed by atoms with Crippen molar-refractivity contribution in [2.24, 2.45) is 4.99 Å². The molecule has 0 radical (unpaired) electrons. The lowest BCUT2D eigenvalue weighted by Crippen LogP contribution is -2.50. The summed E-state index contributed by atoms with van der Waals surface area (Å²) in [6.07, 6.45) is -0.532. The molecule has 0 aromatic heterocycles. The van der Waals surface area contributed by atoms with E-state index >= 15 is 0 Å². The van der Waals surface area contributed by atoms with Crippen LogP contribution in [-0.4, -0.2) is 54.3 Å². The molecule has 1 atom stereocenters. The van der Waals surface area contributed by atoms with Crippen LogP contribution < -0.4 is 0 Å². The van der Waals surface area contributed by atoms with Gasteiger partial charge in [-0.15, -0.1) is 0 Å². The van der Waals surface area contributed by atoms with Crippen molar-refractivity contribution < 1.29 is 23.6 Å². The number of ether oxygens (including phenoxy) is 3. The maximum Gasteiger partial charge on any atom is 0.415 e. The Morgan fingerprint density at radius 2 is 1.86 bits per heavy atom. The Morgan fingerprint density at radius 3 is 2.29 bits per heavy atom. The van der Waals surface area contributed by atoms with Gasteiger partial charge in [0.2, 0.25) is 0 Å². The van der Waals surface area contributed by atoms with E-state index in [0.717, 1.165) is 0 Å². The molecule has 1 aliphatic heterocycles. The zero-order valence-electron chi connectivity index (χ0n) is 13.3. The Hall–Kier alpha value is -0.910. The highest BCUT2D eigenvalue weighted by atomic mass is 31.1. The van der Waals surface area contributed by atoms with Crippen LogP contribution in [0.3, 0.4) is 0 Å². The highest BCUT2D eigenvalue weighted by Gasteiger charge is 2.45. The minimum Gasteiger partial charge on any atom is -0.443 e. The fourth-order valence-electron chi connectivity index (χ4n) is 1.96. The smallest absolute Gasteiger partial charge is 0.415 e. The average Bonchev–Trinajstić information content (AvgIpc) is 2.86. The molecule has 0 aromatic carbocycles. The first-order valence-corrected chi connectivity index (χ1v) is 8.14. The molecule has 0 aromatic rings. The topological polar surface area (TPSA) is 77.4 Å². The Morgan fingerprint density at radius 1 is 1.29 bits per heavy atom. The van der Waals surface area contributed by atoms with Crippen LogP contribution in [0.4, 0.5) is 4.79 Å². The number of carbonyl (C=O) groups excluding carboxylic acids is 1. The van der Waals surface area contributed by atoms with E-state index in [-0.39, 0.29) is 5.84 Å². The van der Waals surface area contributed by atoms with Crippen LogP contribution in [0.25, 0.3) is 0 Å². The standard InChI is InChI=1S/C13H25N2O5P/c1-6-18-13(21-17,19-7-2)10-14-8-9-15(10)11(16)20-12(3,4)5/h6-9,21H2,1-5H3. The summed E-state index contributed by atoms with van der Waals surface area (Å²) in [4.78, 5) is 17.9. The zero-order valence-corrected chi connectivity index (χ0v) is 14.5. The maximum absolute atomic E-state index is 12.3. The fraction of sp³-hybridized carbons (Fsp3) is 0.846. The number of nitrogens with zero attached hydrogens (tertiary/aromatic N) is 2. The average molecular weight is 320 g/mol. The summed E-state index contributed by atoms with van der Waals surface area (Å²) in [6, 6.07) is 0. The molecule has 122 valence electrons. The van der Waals surface area contributed by atoms with Gasteiger partial charge in [0.1, 0.15) is 14.1 Å². The molecular formula is C13H25N2O5P. The molecule has 1 rings (SSSR count). The molecule has 0 fully saturated rings. The Kier molecular flexibility index (Phi) is 6.38. The Balaban J connectivity index is 3.01. The zero-order chi connectivity index (χ0) is 16.1. The second kappa shape index (κ2) is 7.38. The van der Waals surface area contributed by atoms with E-state index in [1.807, 2.05) is 0 Å². The van der Waals surface area contributed by atoms with Crippen molar-refractivity contribution in [3.05, 3.63) is 0 Å². The highest BCUT2D eigenvalue weighted by molar-refractivity contribution is 7.27. The lowest BCUT2D eigenvalue weighted by molar-refractivity contribution is -0.127. The summed E-state index contributed by atoms with van der Waals surface area (Å²) >= 11 is 0. The van der Waals surface area contributed by atoms with Crippen LogP contribution in [0, 0.1) is 0 Å². The molecule has 0 aliphatic carbocycles. The molecule has 1 unspecified atom stereocenters. The number of aliphatic imine (C=N–C) groups is 1. The largest absolute Gasteiger partial charge is 0.443 e. The minimum absolute atomic E-state index is 0.241. The minimum atomic E-state index is -1.48. The molecule has 1 amide bonds. The first-order chi connectivity index (χ1) is 9.79. The van der Waals surface area contributed by atoms with Gasteiger partial charge in [-0.25, -0.2) is 4.79 Å². The van der Waals surface area contributed by atoms with Gasteiger partial charge in [0, 0.05) is 13.2 Å². The third-order valence-electron chi connectivity index (χ3n) is 2.64. The van der Waals surface area contributed by atoms with Crippen molar-refractivity contribution in [3.8, 4) is 0 Å². The van der Waals surface area contributed by atoms with Crippen molar-refractivity contribution in [1.82, 2.24) is 4.90 Å². The lowest BCUT2D eigenvalue weighted by Gasteiger charge is -2.33. The normalized spacial score (nSPS) is 16.6. The molecule has 1 aliphatic rings. The van der Waals surface area contributed by atoms with E-state index in [1.54, 1.807) is 34.6 Å². The predicted octanol–water partition coefficient (Wildman–Crippen LogP) is 2.12. The van der Waals surface area contributed by atoms with E-state index in [2.05, 4.69) is 4.99 Å². The Labute approximate surface area is 126 Å². The molecule has 0 spiro atoms. The number of hydrogen-bond donors (Lipinski definition) is 0. The summed E-state index contributed by atoms with van der Waals surface area (Å²) in [6.45, 7) is 10.3. The fourth-order valence-corrected chi connectivity index (χ4v) is 2.78. The van der Waals surface area contributed by atoms with Gasteiger partial charge in [-0.3, -0.25) is 9.89 Å². The number of amidine groups is 1. The van der Waals surface area contributed by atoms with Crippen LogP contribution in [0.5, 0.6) is 0 Å². The van der Waals surface area contributed by atoms with Gasteiger partial charge in [-0.1, -0.05) is 0 Å². The number of carbonyl (C=O) groups is 1. The molecule has 0 saturated carbocycles. The molecule has 21 heavy (non-hydrogen) atoms. The number of rotatable bonds is 6. The molecule has 0 N–H and O–H groups in total. The molecule has 0 saturated heterocycles. The van der Waals surface area contributed by atoms with Crippen molar-refractivity contribution in [2.45, 2.75) is 45.7 Å². The SMILES string of the molecule is CCOC(OCC)([PH2]=O)C1=NCCN1C(=O)OC(C)(C)C. The van der Waals surface area contributed by atoms with Crippen LogP contribution in [0.2, 0.25) is 0 Å². The van der Waals surface area contributed by atoms with Gasteiger partial charge in [-0.2, -0.15) is 0 Å². The quantitative estimate of drug-likeness (QED) is 0.553. The third kappa shape index (κ3) is 4.53. The first kappa shape index (κ1) is 18.1.